The van der Waals surface area contributed by atoms with Crippen LogP contribution in [0.3, 0.4) is 0 Å². The van der Waals surface area contributed by atoms with Crippen LogP contribution < -0.4 is 14.8 Å². The molecule has 0 aliphatic rings. The van der Waals surface area contributed by atoms with Gasteiger partial charge in [-0.05, 0) is 18.6 Å². The molecule has 0 spiro atoms. The Morgan fingerprint density at radius 1 is 1.25 bits per heavy atom. The Morgan fingerprint density at radius 2 is 1.85 bits per heavy atom. The third kappa shape index (κ3) is 5.48. The first-order valence-corrected chi connectivity index (χ1v) is 6.88. The van der Waals surface area contributed by atoms with E-state index in [4.69, 9.17) is 14.6 Å². The average Bonchev–Trinajstić information content (AvgIpc) is 2.41. The Bertz CT molecular complexity index is 420. The van der Waals surface area contributed by atoms with Crippen LogP contribution in [0.25, 0.3) is 0 Å². The third-order valence-electron chi connectivity index (χ3n) is 2.55. The molecule has 1 rings (SSSR count). The molecule has 0 amide bonds. The standard InChI is InChI=1S/C15H23NO4/c1-4-9-19-13-7-5-6-8-14(13)20-10-12(15(17)18)16-11(2)3/h5-8,11-12,16H,4,9-10H2,1-3H3,(H,17,18). The van der Waals surface area contributed by atoms with Crippen LogP contribution in [0, 0.1) is 0 Å². The first-order chi connectivity index (χ1) is 9.54. The zero-order valence-corrected chi connectivity index (χ0v) is 12.3. The van der Waals surface area contributed by atoms with Crippen molar-refractivity contribution in [2.75, 3.05) is 13.2 Å². The quantitative estimate of drug-likeness (QED) is 0.727. The minimum Gasteiger partial charge on any atom is -0.490 e. The lowest BCUT2D eigenvalue weighted by molar-refractivity contribution is -0.140. The number of aliphatic carboxylic acids is 1. The fourth-order valence-corrected chi connectivity index (χ4v) is 1.67. The van der Waals surface area contributed by atoms with Gasteiger partial charge in [0.05, 0.1) is 6.61 Å². The van der Waals surface area contributed by atoms with Crippen molar-refractivity contribution in [1.29, 1.82) is 0 Å². The monoisotopic (exact) mass is 281 g/mol. The second-order valence-electron chi connectivity index (χ2n) is 4.82. The Hall–Kier alpha value is -1.75. The predicted octanol–water partition coefficient (Wildman–Crippen LogP) is 2.31. The summed E-state index contributed by atoms with van der Waals surface area (Å²) in [6.07, 6.45) is 0.904. The van der Waals surface area contributed by atoms with Gasteiger partial charge < -0.3 is 14.6 Å². The average molecular weight is 281 g/mol. The number of hydrogen-bond acceptors (Lipinski definition) is 4. The van der Waals surface area contributed by atoms with E-state index in [1.807, 2.05) is 39.0 Å². The molecule has 5 nitrogen and oxygen atoms in total. The molecule has 1 unspecified atom stereocenters. The van der Waals surface area contributed by atoms with Gasteiger partial charge >= 0.3 is 5.97 Å². The van der Waals surface area contributed by atoms with Crippen LogP contribution in [0.2, 0.25) is 0 Å². The zero-order valence-electron chi connectivity index (χ0n) is 12.3. The van der Waals surface area contributed by atoms with Crippen molar-refractivity contribution >= 4 is 5.97 Å². The summed E-state index contributed by atoms with van der Waals surface area (Å²) in [4.78, 5) is 11.1. The second-order valence-corrected chi connectivity index (χ2v) is 4.82. The van der Waals surface area contributed by atoms with Crippen molar-refractivity contribution in [1.82, 2.24) is 5.32 Å². The summed E-state index contributed by atoms with van der Waals surface area (Å²) in [5.74, 6) is 0.284. The molecule has 0 heterocycles. The number of ether oxygens (including phenoxy) is 2. The summed E-state index contributed by atoms with van der Waals surface area (Å²) in [5, 5.41) is 12.1. The largest absolute Gasteiger partial charge is 0.490 e. The van der Waals surface area contributed by atoms with Gasteiger partial charge in [0, 0.05) is 6.04 Å². The molecule has 0 aromatic heterocycles. The number of benzene rings is 1. The van der Waals surface area contributed by atoms with Crippen LogP contribution in [0.5, 0.6) is 11.5 Å². The highest BCUT2D eigenvalue weighted by Crippen LogP contribution is 2.26. The number of carbonyl (C=O) groups is 1. The van der Waals surface area contributed by atoms with Crippen LogP contribution in [0.4, 0.5) is 0 Å². The maximum atomic E-state index is 11.1. The molecule has 0 radical (unpaired) electrons. The summed E-state index contributed by atoms with van der Waals surface area (Å²) in [7, 11) is 0. The Morgan fingerprint density at radius 3 is 2.35 bits per heavy atom. The topological polar surface area (TPSA) is 67.8 Å². The van der Waals surface area contributed by atoms with Crippen LogP contribution in [0.1, 0.15) is 27.2 Å². The number of carboxylic acid groups (broad SMARTS) is 1. The van der Waals surface area contributed by atoms with Gasteiger partial charge in [-0.3, -0.25) is 10.1 Å². The first-order valence-electron chi connectivity index (χ1n) is 6.88. The Kier molecular flexibility index (Phi) is 6.87. The number of nitrogens with one attached hydrogen (secondary N) is 1. The normalized spacial score (nSPS) is 12.2. The van der Waals surface area contributed by atoms with Crippen molar-refractivity contribution < 1.29 is 19.4 Å². The van der Waals surface area contributed by atoms with E-state index >= 15 is 0 Å². The van der Waals surface area contributed by atoms with Crippen molar-refractivity contribution in [2.24, 2.45) is 0 Å². The molecule has 0 saturated carbocycles. The summed E-state index contributed by atoms with van der Waals surface area (Å²) >= 11 is 0. The molecule has 0 bridgehead atoms. The van der Waals surface area contributed by atoms with Crippen LogP contribution in [-0.4, -0.2) is 36.4 Å². The molecule has 2 N–H and O–H groups in total. The summed E-state index contributed by atoms with van der Waals surface area (Å²) in [6, 6.07) is 6.62. The molecule has 0 fully saturated rings. The van der Waals surface area contributed by atoms with Gasteiger partial charge in [0.1, 0.15) is 12.6 Å². The lowest BCUT2D eigenvalue weighted by Crippen LogP contribution is -2.44. The van der Waals surface area contributed by atoms with E-state index in [0.29, 0.717) is 18.1 Å². The number of carboxylic acids is 1. The molecular formula is C15H23NO4. The zero-order chi connectivity index (χ0) is 15.0. The van der Waals surface area contributed by atoms with Crippen molar-refractivity contribution in [3.05, 3.63) is 24.3 Å². The molecular weight excluding hydrogens is 258 g/mol. The Labute approximate surface area is 119 Å². The summed E-state index contributed by atoms with van der Waals surface area (Å²) in [5.41, 5.74) is 0. The summed E-state index contributed by atoms with van der Waals surface area (Å²) in [6.45, 7) is 6.48. The van der Waals surface area contributed by atoms with E-state index in [9.17, 15) is 4.79 Å². The number of hydrogen-bond donors (Lipinski definition) is 2. The highest BCUT2D eigenvalue weighted by Gasteiger charge is 2.19. The molecule has 0 saturated heterocycles. The highest BCUT2D eigenvalue weighted by molar-refractivity contribution is 5.73. The van der Waals surface area contributed by atoms with Crippen molar-refractivity contribution in [3.8, 4) is 11.5 Å². The van der Waals surface area contributed by atoms with Gasteiger partial charge in [-0.1, -0.05) is 32.9 Å². The number of rotatable bonds is 9. The minimum atomic E-state index is -0.925. The van der Waals surface area contributed by atoms with Crippen LogP contribution in [-0.2, 0) is 4.79 Å². The van der Waals surface area contributed by atoms with E-state index in [1.54, 1.807) is 6.07 Å². The molecule has 1 atom stereocenters. The lowest BCUT2D eigenvalue weighted by Gasteiger charge is -2.19. The van der Waals surface area contributed by atoms with E-state index in [2.05, 4.69) is 5.32 Å². The lowest BCUT2D eigenvalue weighted by atomic mass is 10.2. The molecule has 20 heavy (non-hydrogen) atoms. The van der Waals surface area contributed by atoms with Gasteiger partial charge in [0.25, 0.3) is 0 Å². The Balaban J connectivity index is 2.65. The molecule has 5 heteroatoms. The predicted molar refractivity (Wildman–Crippen MR) is 77.4 cm³/mol. The molecule has 1 aromatic carbocycles. The van der Waals surface area contributed by atoms with Gasteiger partial charge in [-0.15, -0.1) is 0 Å². The van der Waals surface area contributed by atoms with E-state index in [-0.39, 0.29) is 12.6 Å². The van der Waals surface area contributed by atoms with E-state index in [1.165, 1.54) is 0 Å². The van der Waals surface area contributed by atoms with Crippen molar-refractivity contribution in [3.63, 3.8) is 0 Å². The first kappa shape index (κ1) is 16.3. The van der Waals surface area contributed by atoms with Crippen LogP contribution >= 0.6 is 0 Å². The fraction of sp³-hybridized carbons (Fsp3) is 0.533. The van der Waals surface area contributed by atoms with Gasteiger partial charge in [-0.25, -0.2) is 0 Å². The molecule has 1 aromatic rings. The highest BCUT2D eigenvalue weighted by atomic mass is 16.5. The fourth-order valence-electron chi connectivity index (χ4n) is 1.67. The van der Waals surface area contributed by atoms with Crippen LogP contribution in [0.15, 0.2) is 24.3 Å². The second kappa shape index (κ2) is 8.43. The maximum absolute atomic E-state index is 11.1. The minimum absolute atomic E-state index is 0.0556. The van der Waals surface area contributed by atoms with Crippen molar-refractivity contribution in [2.45, 2.75) is 39.3 Å². The maximum Gasteiger partial charge on any atom is 0.324 e. The molecule has 0 aliphatic heterocycles. The van der Waals surface area contributed by atoms with Gasteiger partial charge in [0.2, 0.25) is 0 Å². The SMILES string of the molecule is CCCOc1ccccc1OCC(NC(C)C)C(=O)O. The van der Waals surface area contributed by atoms with E-state index < -0.39 is 12.0 Å². The van der Waals surface area contributed by atoms with Gasteiger partial charge in [0.15, 0.2) is 11.5 Å². The third-order valence-corrected chi connectivity index (χ3v) is 2.55. The van der Waals surface area contributed by atoms with Gasteiger partial charge in [-0.2, -0.15) is 0 Å². The molecule has 0 aliphatic carbocycles. The smallest absolute Gasteiger partial charge is 0.324 e. The summed E-state index contributed by atoms with van der Waals surface area (Å²) < 4.78 is 11.2. The number of para-hydroxylation sites is 2. The molecule has 112 valence electrons. The van der Waals surface area contributed by atoms with E-state index in [0.717, 1.165) is 6.42 Å².